The minimum Gasteiger partial charge on any atom is -0.388 e. The summed E-state index contributed by atoms with van der Waals surface area (Å²) in [6, 6.07) is 8.05. The van der Waals surface area contributed by atoms with Crippen LogP contribution in [0.1, 0.15) is 35.6 Å². The molecule has 0 saturated carbocycles. The summed E-state index contributed by atoms with van der Waals surface area (Å²) >= 11 is 1.68. The molecule has 1 heterocycles. The van der Waals surface area contributed by atoms with Crippen molar-refractivity contribution in [2.24, 2.45) is 0 Å². The van der Waals surface area contributed by atoms with Gasteiger partial charge in [0.25, 0.3) is 0 Å². The Hall–Kier alpha value is -1.39. The van der Waals surface area contributed by atoms with Crippen LogP contribution in [0.15, 0.2) is 29.8 Å². The van der Waals surface area contributed by atoms with E-state index in [0.717, 1.165) is 29.9 Å². The van der Waals surface area contributed by atoms with Crippen molar-refractivity contribution in [1.29, 1.82) is 0 Å². The number of nitrogens with zero attached hydrogens (tertiary/aromatic N) is 2. The minimum atomic E-state index is -0.402. The average molecular weight is 276 g/mol. The maximum Gasteiger partial charge on any atom is 0.0807 e. The highest BCUT2D eigenvalue weighted by Crippen LogP contribution is 2.29. The number of benzene rings is 1. The van der Waals surface area contributed by atoms with Gasteiger partial charge in [0.05, 0.1) is 23.9 Å². The van der Waals surface area contributed by atoms with Gasteiger partial charge in [0.15, 0.2) is 0 Å². The highest BCUT2D eigenvalue weighted by molar-refractivity contribution is 7.09. The number of aryl methyl sites for hydroxylation is 1. The number of hydrogen-bond donors (Lipinski definition) is 1. The predicted molar refractivity (Wildman–Crippen MR) is 80.7 cm³/mol. The molecule has 2 rings (SSSR count). The minimum absolute atomic E-state index is 0.402. The highest BCUT2D eigenvalue weighted by atomic mass is 32.1. The van der Waals surface area contributed by atoms with E-state index in [1.54, 1.807) is 11.3 Å². The fraction of sp³-hybridized carbons (Fsp3) is 0.400. The number of hydrogen-bond acceptors (Lipinski definition) is 4. The molecule has 19 heavy (non-hydrogen) atoms. The zero-order chi connectivity index (χ0) is 13.8. The van der Waals surface area contributed by atoms with Crippen molar-refractivity contribution >= 4 is 17.0 Å². The van der Waals surface area contributed by atoms with Crippen LogP contribution < -0.4 is 4.90 Å². The summed E-state index contributed by atoms with van der Waals surface area (Å²) in [7, 11) is 2.06. The van der Waals surface area contributed by atoms with Crippen molar-refractivity contribution in [1.82, 2.24) is 4.98 Å². The molecule has 4 heteroatoms. The van der Waals surface area contributed by atoms with E-state index in [-0.39, 0.29) is 0 Å². The van der Waals surface area contributed by atoms with E-state index in [0.29, 0.717) is 0 Å². The van der Waals surface area contributed by atoms with Crippen LogP contribution in [0.4, 0.5) is 5.69 Å². The first-order valence-corrected chi connectivity index (χ1v) is 7.38. The molecule has 0 unspecified atom stereocenters. The van der Waals surface area contributed by atoms with Gasteiger partial charge in [-0.25, -0.2) is 4.98 Å². The van der Waals surface area contributed by atoms with Gasteiger partial charge >= 0.3 is 0 Å². The zero-order valence-electron chi connectivity index (χ0n) is 11.6. The SMILES string of the molecule is CC[C@@H](O)c1ccccc1N(C)Cc1scnc1C. The topological polar surface area (TPSA) is 36.4 Å². The van der Waals surface area contributed by atoms with E-state index >= 15 is 0 Å². The second-order valence-electron chi connectivity index (χ2n) is 4.70. The number of para-hydroxylation sites is 1. The lowest BCUT2D eigenvalue weighted by Crippen LogP contribution is -2.18. The summed E-state index contributed by atoms with van der Waals surface area (Å²) in [5, 5.41) is 10.1. The lowest BCUT2D eigenvalue weighted by molar-refractivity contribution is 0.174. The van der Waals surface area contributed by atoms with E-state index in [2.05, 4.69) is 23.0 Å². The average Bonchev–Trinajstić information content (AvgIpc) is 2.83. The monoisotopic (exact) mass is 276 g/mol. The Balaban J connectivity index is 2.24. The first-order chi connectivity index (χ1) is 9.13. The summed E-state index contributed by atoms with van der Waals surface area (Å²) < 4.78 is 0. The molecule has 0 spiro atoms. The molecular weight excluding hydrogens is 256 g/mol. The molecule has 0 radical (unpaired) electrons. The van der Waals surface area contributed by atoms with Crippen molar-refractivity contribution in [3.8, 4) is 0 Å². The lowest BCUT2D eigenvalue weighted by atomic mass is 10.0. The molecular formula is C15H20N2OS. The van der Waals surface area contributed by atoms with Crippen molar-refractivity contribution in [2.45, 2.75) is 32.9 Å². The smallest absolute Gasteiger partial charge is 0.0807 e. The van der Waals surface area contributed by atoms with E-state index in [4.69, 9.17) is 0 Å². The summed E-state index contributed by atoms with van der Waals surface area (Å²) in [4.78, 5) is 7.72. The molecule has 0 aliphatic rings. The number of aliphatic hydroxyl groups excluding tert-OH is 1. The van der Waals surface area contributed by atoms with Crippen LogP contribution in [0, 0.1) is 6.92 Å². The molecule has 0 aliphatic heterocycles. The summed E-state index contributed by atoms with van der Waals surface area (Å²) in [6.45, 7) is 4.85. The highest BCUT2D eigenvalue weighted by Gasteiger charge is 2.14. The number of anilines is 1. The van der Waals surface area contributed by atoms with Gasteiger partial charge in [-0.15, -0.1) is 11.3 Å². The Bertz CT molecular complexity index is 538. The van der Waals surface area contributed by atoms with Crippen molar-refractivity contribution in [2.75, 3.05) is 11.9 Å². The van der Waals surface area contributed by atoms with Crippen LogP contribution in [-0.4, -0.2) is 17.1 Å². The summed E-state index contributed by atoms with van der Waals surface area (Å²) in [5.41, 5.74) is 5.05. The third-order valence-corrected chi connectivity index (χ3v) is 4.24. The molecule has 1 aromatic carbocycles. The number of aromatic nitrogens is 1. The Morgan fingerprint density at radius 1 is 1.37 bits per heavy atom. The summed E-state index contributed by atoms with van der Waals surface area (Å²) in [5.74, 6) is 0. The zero-order valence-corrected chi connectivity index (χ0v) is 12.4. The number of thiazole rings is 1. The lowest BCUT2D eigenvalue weighted by Gasteiger charge is -2.24. The maximum absolute atomic E-state index is 10.1. The third-order valence-electron chi connectivity index (χ3n) is 3.32. The van der Waals surface area contributed by atoms with Crippen molar-refractivity contribution in [3.63, 3.8) is 0 Å². The first-order valence-electron chi connectivity index (χ1n) is 6.50. The van der Waals surface area contributed by atoms with Gasteiger partial charge in [0.1, 0.15) is 0 Å². The quantitative estimate of drug-likeness (QED) is 0.907. The molecule has 0 saturated heterocycles. The van der Waals surface area contributed by atoms with Crippen molar-refractivity contribution in [3.05, 3.63) is 45.9 Å². The van der Waals surface area contributed by atoms with Gasteiger partial charge in [-0.05, 0) is 19.4 Å². The molecule has 0 bridgehead atoms. The van der Waals surface area contributed by atoms with Crippen molar-refractivity contribution < 1.29 is 5.11 Å². The Labute approximate surface area is 118 Å². The van der Waals surface area contributed by atoms with Crippen LogP contribution in [0.2, 0.25) is 0 Å². The van der Waals surface area contributed by atoms with E-state index < -0.39 is 6.10 Å². The Morgan fingerprint density at radius 2 is 2.11 bits per heavy atom. The second kappa shape index (κ2) is 6.17. The normalized spacial score (nSPS) is 12.4. The molecule has 1 N–H and O–H groups in total. The van der Waals surface area contributed by atoms with E-state index in [9.17, 15) is 5.11 Å². The molecule has 0 fully saturated rings. The molecule has 3 nitrogen and oxygen atoms in total. The third kappa shape index (κ3) is 3.14. The van der Waals surface area contributed by atoms with Gasteiger partial charge in [0.2, 0.25) is 0 Å². The van der Waals surface area contributed by atoms with E-state index in [1.807, 2.05) is 37.6 Å². The van der Waals surface area contributed by atoms with Crippen LogP contribution in [0.5, 0.6) is 0 Å². The first kappa shape index (κ1) is 14.0. The standard InChI is InChI=1S/C15H20N2OS/c1-4-14(18)12-7-5-6-8-13(12)17(3)9-15-11(2)16-10-19-15/h5-8,10,14,18H,4,9H2,1-3H3/t14-/m1/s1. The van der Waals surface area contributed by atoms with Gasteiger partial charge in [-0.3, -0.25) is 0 Å². The Kier molecular flexibility index (Phi) is 4.56. The second-order valence-corrected chi connectivity index (χ2v) is 5.64. The number of aliphatic hydroxyl groups is 1. The van der Waals surface area contributed by atoms with Crippen LogP contribution in [0.25, 0.3) is 0 Å². The number of rotatable bonds is 5. The summed E-state index contributed by atoms with van der Waals surface area (Å²) in [6.07, 6.45) is 0.325. The molecule has 102 valence electrons. The largest absolute Gasteiger partial charge is 0.388 e. The van der Waals surface area contributed by atoms with Gasteiger partial charge in [-0.2, -0.15) is 0 Å². The fourth-order valence-corrected chi connectivity index (χ4v) is 2.94. The fourth-order valence-electron chi connectivity index (χ4n) is 2.12. The Morgan fingerprint density at radius 3 is 2.74 bits per heavy atom. The predicted octanol–water partition coefficient (Wildman–Crippen LogP) is 3.53. The van der Waals surface area contributed by atoms with Gasteiger partial charge in [-0.1, -0.05) is 25.1 Å². The molecule has 0 aliphatic carbocycles. The van der Waals surface area contributed by atoms with Crippen LogP contribution >= 0.6 is 11.3 Å². The molecule has 1 atom stereocenters. The van der Waals surface area contributed by atoms with Crippen LogP contribution in [-0.2, 0) is 6.54 Å². The maximum atomic E-state index is 10.1. The molecule has 0 amide bonds. The van der Waals surface area contributed by atoms with E-state index in [1.165, 1.54) is 4.88 Å². The van der Waals surface area contributed by atoms with Crippen LogP contribution in [0.3, 0.4) is 0 Å². The molecule has 2 aromatic rings. The van der Waals surface area contributed by atoms with Gasteiger partial charge < -0.3 is 10.0 Å². The molecule has 1 aromatic heterocycles. The van der Waals surface area contributed by atoms with Gasteiger partial charge in [0, 0.05) is 23.2 Å².